The van der Waals surface area contributed by atoms with E-state index < -0.39 is 20.5 Å². The molecule has 8 nitrogen and oxygen atoms in total. The Morgan fingerprint density at radius 2 is 1.88 bits per heavy atom. The number of ether oxygens (including phenoxy) is 2. The van der Waals surface area contributed by atoms with Gasteiger partial charge < -0.3 is 14.6 Å². The van der Waals surface area contributed by atoms with Crippen LogP contribution in [0.25, 0.3) is 0 Å². The van der Waals surface area contributed by atoms with Crippen LogP contribution in [0.3, 0.4) is 0 Å². The van der Waals surface area contributed by atoms with E-state index in [-0.39, 0.29) is 37.6 Å². The Labute approximate surface area is 140 Å². The predicted molar refractivity (Wildman–Crippen MR) is 83.5 cm³/mol. The van der Waals surface area contributed by atoms with Crippen LogP contribution in [0.15, 0.2) is 29.2 Å². The molecule has 1 aromatic rings. The third kappa shape index (κ3) is 3.54. The van der Waals surface area contributed by atoms with Gasteiger partial charge in [-0.2, -0.15) is 0 Å². The average molecular weight is 359 g/mol. The molecule has 1 saturated heterocycles. The van der Waals surface area contributed by atoms with E-state index in [4.69, 9.17) is 19.8 Å². The highest BCUT2D eigenvalue weighted by atomic mass is 32.2. The van der Waals surface area contributed by atoms with Crippen LogP contribution in [0.5, 0.6) is 5.75 Å². The highest BCUT2D eigenvalue weighted by molar-refractivity contribution is 7.93. The Morgan fingerprint density at radius 1 is 1.25 bits per heavy atom. The van der Waals surface area contributed by atoms with Crippen molar-refractivity contribution in [2.24, 2.45) is 0 Å². The Balaban J connectivity index is 2.28. The van der Waals surface area contributed by atoms with Crippen LogP contribution in [0, 0.1) is 0 Å². The second-order valence-electron chi connectivity index (χ2n) is 5.45. The van der Waals surface area contributed by atoms with Gasteiger partial charge in [0.15, 0.2) is 14.6 Å². The molecule has 0 atom stereocenters. The van der Waals surface area contributed by atoms with Crippen molar-refractivity contribution >= 4 is 15.7 Å². The molecule has 1 aliphatic rings. The number of aliphatic hydroxyl groups is 1. The van der Waals surface area contributed by atoms with Crippen molar-refractivity contribution < 1.29 is 33.0 Å². The molecule has 1 fully saturated rings. The second-order valence-corrected chi connectivity index (χ2v) is 7.71. The summed E-state index contributed by atoms with van der Waals surface area (Å²) in [6.45, 7) is 0.564. The lowest BCUT2D eigenvalue weighted by Crippen LogP contribution is -2.54. The Kier molecular flexibility index (Phi) is 6.16. The topological polar surface area (TPSA) is 122 Å². The molecule has 1 aliphatic heterocycles. The van der Waals surface area contributed by atoms with Crippen molar-refractivity contribution in [1.82, 2.24) is 5.48 Å². The number of sulfone groups is 1. The third-order valence-corrected chi connectivity index (χ3v) is 6.55. The van der Waals surface area contributed by atoms with Gasteiger partial charge in [-0.15, -0.1) is 0 Å². The monoisotopic (exact) mass is 359 g/mol. The minimum absolute atomic E-state index is 0.00727. The Morgan fingerprint density at radius 3 is 2.42 bits per heavy atom. The van der Waals surface area contributed by atoms with E-state index in [2.05, 4.69) is 0 Å². The number of hydroxylamine groups is 1. The van der Waals surface area contributed by atoms with Gasteiger partial charge in [-0.25, -0.2) is 13.9 Å². The second kappa shape index (κ2) is 7.93. The predicted octanol–water partition coefficient (Wildman–Crippen LogP) is 0.276. The average Bonchev–Trinajstić information content (AvgIpc) is 2.62. The van der Waals surface area contributed by atoms with Gasteiger partial charge in [0.25, 0.3) is 5.91 Å². The zero-order valence-corrected chi connectivity index (χ0v) is 13.9. The molecule has 0 saturated carbocycles. The van der Waals surface area contributed by atoms with Crippen molar-refractivity contribution in [2.75, 3.05) is 26.4 Å². The highest BCUT2D eigenvalue weighted by Crippen LogP contribution is 2.35. The SMILES string of the molecule is O=C(NO)C1(S(=O)(=O)c2ccc(OCCCO)cc2)CCOCC1. The molecule has 1 aromatic carbocycles. The van der Waals surface area contributed by atoms with Gasteiger partial charge in [-0.1, -0.05) is 0 Å². The quantitative estimate of drug-likeness (QED) is 0.363. The minimum atomic E-state index is -4.02. The lowest BCUT2D eigenvalue weighted by atomic mass is 9.98. The van der Waals surface area contributed by atoms with Crippen molar-refractivity contribution in [3.63, 3.8) is 0 Å². The third-order valence-electron chi connectivity index (χ3n) is 4.04. The summed E-state index contributed by atoms with van der Waals surface area (Å²) in [4.78, 5) is 12.1. The maximum atomic E-state index is 13.0. The van der Waals surface area contributed by atoms with E-state index >= 15 is 0 Å². The number of carbonyl (C=O) groups is 1. The van der Waals surface area contributed by atoms with E-state index in [0.717, 1.165) is 0 Å². The van der Waals surface area contributed by atoms with Gasteiger partial charge in [0.2, 0.25) is 0 Å². The zero-order chi connectivity index (χ0) is 17.6. The van der Waals surface area contributed by atoms with Crippen LogP contribution in [0.1, 0.15) is 19.3 Å². The number of rotatable bonds is 7. The van der Waals surface area contributed by atoms with Gasteiger partial charge >= 0.3 is 0 Å². The summed E-state index contributed by atoms with van der Waals surface area (Å²) >= 11 is 0. The Hall–Kier alpha value is -1.68. The molecule has 3 N–H and O–H groups in total. The molecular weight excluding hydrogens is 338 g/mol. The van der Waals surface area contributed by atoms with E-state index in [0.29, 0.717) is 18.8 Å². The van der Waals surface area contributed by atoms with Crippen LogP contribution < -0.4 is 10.2 Å². The first-order valence-electron chi connectivity index (χ1n) is 7.58. The van der Waals surface area contributed by atoms with Crippen LogP contribution in [-0.4, -0.2) is 55.8 Å². The number of amides is 1. The zero-order valence-electron chi connectivity index (χ0n) is 13.1. The smallest absolute Gasteiger partial charge is 0.265 e. The molecule has 0 radical (unpaired) electrons. The van der Waals surface area contributed by atoms with Crippen LogP contribution in [-0.2, 0) is 19.4 Å². The fourth-order valence-electron chi connectivity index (χ4n) is 2.62. The minimum Gasteiger partial charge on any atom is -0.494 e. The Bertz CT molecular complexity index is 651. The normalized spacial score (nSPS) is 17.2. The molecule has 0 unspecified atom stereocenters. The molecule has 2 rings (SSSR count). The first-order chi connectivity index (χ1) is 11.5. The van der Waals surface area contributed by atoms with Crippen molar-refractivity contribution in [3.8, 4) is 5.75 Å². The van der Waals surface area contributed by atoms with Crippen molar-refractivity contribution in [3.05, 3.63) is 24.3 Å². The van der Waals surface area contributed by atoms with Crippen molar-refractivity contribution in [1.29, 1.82) is 0 Å². The summed E-state index contributed by atoms with van der Waals surface area (Å²) in [5.74, 6) is -0.482. The first kappa shape index (κ1) is 18.7. The van der Waals surface area contributed by atoms with E-state index in [1.54, 1.807) is 0 Å². The van der Waals surface area contributed by atoms with Gasteiger partial charge in [-0.3, -0.25) is 10.0 Å². The van der Waals surface area contributed by atoms with E-state index in [1.807, 2.05) is 0 Å². The number of carbonyl (C=O) groups excluding carboxylic acids is 1. The number of aliphatic hydroxyl groups excluding tert-OH is 1. The van der Waals surface area contributed by atoms with Crippen LogP contribution in [0.4, 0.5) is 0 Å². The maximum absolute atomic E-state index is 13.0. The number of benzene rings is 1. The standard InChI is InChI=1S/C15H21NO7S/c17-8-1-9-23-12-2-4-13(5-3-12)24(20,21)15(14(18)16-19)6-10-22-11-7-15/h2-5,17,19H,1,6-11H2,(H,16,18). The maximum Gasteiger partial charge on any atom is 0.265 e. The van der Waals surface area contributed by atoms with Crippen LogP contribution >= 0.6 is 0 Å². The molecular formula is C15H21NO7S. The lowest BCUT2D eigenvalue weighted by molar-refractivity contribution is -0.134. The largest absolute Gasteiger partial charge is 0.494 e. The van der Waals surface area contributed by atoms with Crippen molar-refractivity contribution in [2.45, 2.75) is 28.9 Å². The summed E-state index contributed by atoms with van der Waals surface area (Å²) < 4.78 is 34.7. The van der Waals surface area contributed by atoms with Gasteiger partial charge in [0.05, 0.1) is 11.5 Å². The molecule has 1 amide bonds. The molecule has 24 heavy (non-hydrogen) atoms. The van der Waals surface area contributed by atoms with E-state index in [1.165, 1.54) is 29.7 Å². The summed E-state index contributed by atoms with van der Waals surface area (Å²) in [7, 11) is -4.02. The lowest BCUT2D eigenvalue weighted by Gasteiger charge is -2.34. The summed E-state index contributed by atoms with van der Waals surface area (Å²) in [5.41, 5.74) is 1.48. The molecule has 0 spiro atoms. The van der Waals surface area contributed by atoms with Gasteiger partial charge in [0, 0.05) is 26.2 Å². The molecule has 0 aromatic heterocycles. The summed E-state index contributed by atoms with van der Waals surface area (Å²) in [6.07, 6.45) is 0.410. The molecule has 0 aliphatic carbocycles. The molecule has 0 bridgehead atoms. The number of nitrogens with one attached hydrogen (secondary N) is 1. The van der Waals surface area contributed by atoms with Gasteiger partial charge in [0.1, 0.15) is 5.75 Å². The molecule has 1 heterocycles. The fraction of sp³-hybridized carbons (Fsp3) is 0.533. The summed E-state index contributed by atoms with van der Waals surface area (Å²) in [5, 5.41) is 17.7. The van der Waals surface area contributed by atoms with Crippen LogP contribution in [0.2, 0.25) is 0 Å². The summed E-state index contributed by atoms with van der Waals surface area (Å²) in [6, 6.07) is 5.72. The molecule has 9 heteroatoms. The van der Waals surface area contributed by atoms with E-state index in [9.17, 15) is 13.2 Å². The fourth-order valence-corrected chi connectivity index (χ4v) is 4.56. The van der Waals surface area contributed by atoms with Gasteiger partial charge in [-0.05, 0) is 37.1 Å². The first-order valence-corrected chi connectivity index (χ1v) is 9.07. The number of hydrogen-bond acceptors (Lipinski definition) is 7. The number of hydrogen-bond donors (Lipinski definition) is 3. The highest BCUT2D eigenvalue weighted by Gasteiger charge is 2.52. The molecule has 134 valence electrons.